The van der Waals surface area contributed by atoms with Crippen LogP contribution in [0.2, 0.25) is 10.0 Å². The zero-order valence-corrected chi connectivity index (χ0v) is 15.4. The molecule has 2 bridgehead atoms. The van der Waals surface area contributed by atoms with E-state index in [1.165, 1.54) is 25.7 Å². The lowest BCUT2D eigenvalue weighted by molar-refractivity contribution is -0.117. The largest absolute Gasteiger partial charge is 0.309 e. The van der Waals surface area contributed by atoms with Crippen molar-refractivity contribution in [3.8, 4) is 0 Å². The van der Waals surface area contributed by atoms with Gasteiger partial charge in [-0.3, -0.25) is 9.48 Å². The summed E-state index contributed by atoms with van der Waals surface area (Å²) in [5.41, 5.74) is 1.01. The number of fused-ring (bicyclic) bond motifs is 2. The van der Waals surface area contributed by atoms with Gasteiger partial charge in [0.25, 0.3) is 0 Å². The van der Waals surface area contributed by atoms with E-state index in [4.69, 9.17) is 23.2 Å². The highest BCUT2D eigenvalue weighted by atomic mass is 35.5. The lowest BCUT2D eigenvalue weighted by atomic mass is 9.86. The summed E-state index contributed by atoms with van der Waals surface area (Å²) in [6.07, 6.45) is 7.71. The molecule has 0 spiro atoms. The third-order valence-corrected chi connectivity index (χ3v) is 6.31. The lowest BCUT2D eigenvalue weighted by Crippen LogP contribution is -2.20. The number of hydrogen-bond acceptors (Lipinski definition) is 2. The van der Waals surface area contributed by atoms with Crippen LogP contribution in [0.1, 0.15) is 37.7 Å². The van der Waals surface area contributed by atoms with E-state index in [1.807, 2.05) is 24.4 Å². The number of nitrogens with one attached hydrogen (secondary N) is 1. The maximum atomic E-state index is 12.3. The molecule has 25 heavy (non-hydrogen) atoms. The SMILES string of the molecule is O=C(CC1CC2CCC1C2)Nc1ccn(Cc2ccc(Cl)c(Cl)c2)n1. The first-order chi connectivity index (χ1) is 12.1. The fourth-order valence-electron chi connectivity index (χ4n) is 4.40. The van der Waals surface area contributed by atoms with E-state index in [0.29, 0.717) is 34.7 Å². The molecule has 3 unspecified atom stereocenters. The number of benzene rings is 1. The summed E-state index contributed by atoms with van der Waals surface area (Å²) in [4.78, 5) is 12.3. The fourth-order valence-corrected chi connectivity index (χ4v) is 4.72. The fraction of sp³-hybridized carbons (Fsp3) is 0.474. The molecule has 0 aliphatic heterocycles. The molecule has 2 fully saturated rings. The first-order valence-electron chi connectivity index (χ1n) is 8.84. The maximum absolute atomic E-state index is 12.3. The van der Waals surface area contributed by atoms with E-state index < -0.39 is 0 Å². The van der Waals surface area contributed by atoms with Gasteiger partial charge in [0.1, 0.15) is 0 Å². The van der Waals surface area contributed by atoms with E-state index in [0.717, 1.165) is 17.4 Å². The molecule has 1 heterocycles. The Balaban J connectivity index is 1.33. The van der Waals surface area contributed by atoms with Crippen molar-refractivity contribution in [1.82, 2.24) is 9.78 Å². The van der Waals surface area contributed by atoms with Crippen molar-refractivity contribution in [2.75, 3.05) is 5.32 Å². The summed E-state index contributed by atoms with van der Waals surface area (Å²) in [6, 6.07) is 7.36. The summed E-state index contributed by atoms with van der Waals surface area (Å²) in [7, 11) is 0. The Labute approximate surface area is 157 Å². The molecule has 132 valence electrons. The Kier molecular flexibility index (Phi) is 4.74. The van der Waals surface area contributed by atoms with Gasteiger partial charge < -0.3 is 5.32 Å². The molecule has 1 aromatic heterocycles. The Bertz CT molecular complexity index is 789. The van der Waals surface area contributed by atoms with E-state index >= 15 is 0 Å². The zero-order chi connectivity index (χ0) is 17.4. The third kappa shape index (κ3) is 3.85. The molecule has 0 radical (unpaired) electrons. The van der Waals surface area contributed by atoms with Crippen LogP contribution in [0.3, 0.4) is 0 Å². The molecular formula is C19H21Cl2N3O. The number of hydrogen-bond donors (Lipinski definition) is 1. The summed E-state index contributed by atoms with van der Waals surface area (Å²) in [5.74, 6) is 2.89. The Morgan fingerprint density at radius 2 is 2.08 bits per heavy atom. The van der Waals surface area contributed by atoms with Gasteiger partial charge >= 0.3 is 0 Å². The molecular weight excluding hydrogens is 357 g/mol. The minimum absolute atomic E-state index is 0.0809. The van der Waals surface area contributed by atoms with Gasteiger partial charge in [0, 0.05) is 18.7 Å². The highest BCUT2D eigenvalue weighted by Gasteiger charge is 2.40. The van der Waals surface area contributed by atoms with Crippen molar-refractivity contribution >= 4 is 34.9 Å². The number of amides is 1. The van der Waals surface area contributed by atoms with E-state index in [2.05, 4.69) is 10.4 Å². The van der Waals surface area contributed by atoms with Crippen LogP contribution < -0.4 is 5.32 Å². The Hall–Kier alpha value is -1.52. The zero-order valence-electron chi connectivity index (χ0n) is 13.9. The van der Waals surface area contributed by atoms with Crippen molar-refractivity contribution in [2.24, 2.45) is 17.8 Å². The highest BCUT2D eigenvalue weighted by molar-refractivity contribution is 6.42. The van der Waals surface area contributed by atoms with Crippen LogP contribution in [0.4, 0.5) is 5.82 Å². The number of carbonyl (C=O) groups excluding carboxylic acids is 1. The maximum Gasteiger partial charge on any atom is 0.225 e. The summed E-state index contributed by atoms with van der Waals surface area (Å²) < 4.78 is 1.78. The van der Waals surface area contributed by atoms with Gasteiger partial charge in [-0.2, -0.15) is 5.10 Å². The van der Waals surface area contributed by atoms with Gasteiger partial charge in [-0.15, -0.1) is 0 Å². The number of aromatic nitrogens is 2. The van der Waals surface area contributed by atoms with Crippen molar-refractivity contribution in [3.63, 3.8) is 0 Å². The Morgan fingerprint density at radius 1 is 1.20 bits per heavy atom. The van der Waals surface area contributed by atoms with Crippen LogP contribution >= 0.6 is 23.2 Å². The number of anilines is 1. The normalized spacial score (nSPS) is 24.6. The van der Waals surface area contributed by atoms with Crippen LogP contribution in [-0.2, 0) is 11.3 Å². The molecule has 2 aliphatic rings. The molecule has 2 saturated carbocycles. The summed E-state index contributed by atoms with van der Waals surface area (Å²) >= 11 is 12.0. The molecule has 1 N–H and O–H groups in total. The van der Waals surface area contributed by atoms with Crippen molar-refractivity contribution < 1.29 is 4.79 Å². The number of halogens is 2. The van der Waals surface area contributed by atoms with Crippen molar-refractivity contribution in [3.05, 3.63) is 46.1 Å². The van der Waals surface area contributed by atoms with Crippen LogP contribution in [-0.4, -0.2) is 15.7 Å². The molecule has 6 heteroatoms. The minimum atomic E-state index is 0.0809. The van der Waals surface area contributed by atoms with Gasteiger partial charge in [0.15, 0.2) is 5.82 Å². The number of nitrogens with zero attached hydrogens (tertiary/aromatic N) is 2. The van der Waals surface area contributed by atoms with Gasteiger partial charge in [0.05, 0.1) is 16.6 Å². The predicted octanol–water partition coefficient (Wildman–Crippen LogP) is 5.00. The number of carbonyl (C=O) groups is 1. The second kappa shape index (κ2) is 7.00. The lowest BCUT2D eigenvalue weighted by Gasteiger charge is -2.20. The van der Waals surface area contributed by atoms with E-state index in [9.17, 15) is 4.79 Å². The van der Waals surface area contributed by atoms with E-state index in [1.54, 1.807) is 10.7 Å². The molecule has 1 amide bonds. The van der Waals surface area contributed by atoms with Crippen molar-refractivity contribution in [2.45, 2.75) is 38.6 Å². The van der Waals surface area contributed by atoms with Crippen LogP contribution in [0, 0.1) is 17.8 Å². The molecule has 4 nitrogen and oxygen atoms in total. The second-order valence-electron chi connectivity index (χ2n) is 7.33. The van der Waals surface area contributed by atoms with Gasteiger partial charge in [-0.05, 0) is 54.7 Å². The first kappa shape index (κ1) is 16.9. The van der Waals surface area contributed by atoms with Gasteiger partial charge in [0.2, 0.25) is 5.91 Å². The molecule has 2 aliphatic carbocycles. The molecule has 4 rings (SSSR count). The third-order valence-electron chi connectivity index (χ3n) is 5.57. The summed E-state index contributed by atoms with van der Waals surface area (Å²) in [6.45, 7) is 0.582. The topological polar surface area (TPSA) is 46.9 Å². The molecule has 3 atom stereocenters. The Morgan fingerprint density at radius 3 is 2.80 bits per heavy atom. The van der Waals surface area contributed by atoms with Crippen molar-refractivity contribution in [1.29, 1.82) is 0 Å². The predicted molar refractivity (Wildman–Crippen MR) is 100.0 cm³/mol. The van der Waals surface area contributed by atoms with E-state index in [-0.39, 0.29) is 5.91 Å². The average molecular weight is 378 g/mol. The smallest absolute Gasteiger partial charge is 0.225 e. The molecule has 2 aromatic rings. The highest BCUT2D eigenvalue weighted by Crippen LogP contribution is 2.49. The van der Waals surface area contributed by atoms with Crippen LogP contribution in [0.15, 0.2) is 30.5 Å². The average Bonchev–Trinajstić information content (AvgIpc) is 3.28. The molecule has 0 saturated heterocycles. The summed E-state index contributed by atoms with van der Waals surface area (Å²) in [5, 5.41) is 8.44. The minimum Gasteiger partial charge on any atom is -0.309 e. The van der Waals surface area contributed by atoms with Gasteiger partial charge in [-0.25, -0.2) is 0 Å². The molecule has 1 aromatic carbocycles. The first-order valence-corrected chi connectivity index (χ1v) is 9.59. The van der Waals surface area contributed by atoms with Crippen LogP contribution in [0.25, 0.3) is 0 Å². The monoisotopic (exact) mass is 377 g/mol. The van der Waals surface area contributed by atoms with Gasteiger partial charge in [-0.1, -0.05) is 35.7 Å². The quantitative estimate of drug-likeness (QED) is 0.796. The second-order valence-corrected chi connectivity index (χ2v) is 8.15. The number of rotatable bonds is 5. The van der Waals surface area contributed by atoms with Crippen LogP contribution in [0.5, 0.6) is 0 Å². The standard InChI is InChI=1S/C19H21Cl2N3O/c20-16-4-2-13(9-17(16)21)11-24-6-5-18(23-24)22-19(25)10-15-8-12-1-3-14(15)7-12/h2,4-6,9,12,14-15H,1,3,7-8,10-11H2,(H,22,23,25).